The highest BCUT2D eigenvalue weighted by Gasteiger charge is 2.27. The number of halogens is 3. The van der Waals surface area contributed by atoms with Crippen molar-refractivity contribution in [3.05, 3.63) is 11.7 Å². The van der Waals surface area contributed by atoms with Crippen LogP contribution in [0.3, 0.4) is 0 Å². The summed E-state index contributed by atoms with van der Waals surface area (Å²) in [7, 11) is 0. The van der Waals surface area contributed by atoms with E-state index in [1.54, 1.807) is 0 Å². The fourth-order valence-corrected chi connectivity index (χ4v) is 2.15. The Morgan fingerprint density at radius 1 is 1.20 bits per heavy atom. The largest absolute Gasteiger partial charge is 0.389 e. The number of aromatic nitrogens is 2. The van der Waals surface area contributed by atoms with Gasteiger partial charge in [0, 0.05) is 12.8 Å². The van der Waals surface area contributed by atoms with Crippen molar-refractivity contribution in [3.8, 4) is 0 Å². The van der Waals surface area contributed by atoms with Gasteiger partial charge in [0.15, 0.2) is 5.82 Å². The lowest BCUT2D eigenvalue weighted by Crippen LogP contribution is -2.10. The third-order valence-electron chi connectivity index (χ3n) is 3.18. The van der Waals surface area contributed by atoms with Gasteiger partial charge in [-0.3, -0.25) is 0 Å². The smallest absolute Gasteiger partial charge is 0.339 e. The second-order valence-corrected chi connectivity index (χ2v) is 4.99. The highest BCUT2D eigenvalue weighted by atomic mass is 19.4. The van der Waals surface area contributed by atoms with Crippen molar-refractivity contribution in [3.63, 3.8) is 0 Å². The summed E-state index contributed by atoms with van der Waals surface area (Å²) < 4.78 is 41.2. The van der Waals surface area contributed by atoms with E-state index in [4.69, 9.17) is 10.3 Å². The molecule has 1 aromatic heterocycles. The first kappa shape index (κ1) is 16.9. The van der Waals surface area contributed by atoms with Crippen LogP contribution in [0.1, 0.15) is 50.7 Å². The predicted octanol–water partition coefficient (Wildman–Crippen LogP) is 3.26. The van der Waals surface area contributed by atoms with Crippen LogP contribution in [0.15, 0.2) is 4.52 Å². The van der Waals surface area contributed by atoms with E-state index in [2.05, 4.69) is 17.1 Å². The van der Waals surface area contributed by atoms with Gasteiger partial charge in [0.25, 0.3) is 0 Å². The summed E-state index contributed by atoms with van der Waals surface area (Å²) in [4.78, 5) is 4.00. The SMILES string of the molecule is CCCC(CCN)CCc1nc(CCC(F)(F)F)no1. The minimum absolute atomic E-state index is 0.128. The Labute approximate surface area is 116 Å². The molecule has 1 heterocycles. The van der Waals surface area contributed by atoms with E-state index in [0.29, 0.717) is 24.8 Å². The fraction of sp³-hybridized carbons (Fsp3) is 0.846. The van der Waals surface area contributed by atoms with Gasteiger partial charge in [0.05, 0.1) is 6.42 Å². The first-order valence-corrected chi connectivity index (χ1v) is 7.03. The lowest BCUT2D eigenvalue weighted by Gasteiger charge is -2.13. The van der Waals surface area contributed by atoms with Crippen LogP contribution in [0.25, 0.3) is 0 Å². The number of aryl methyl sites for hydroxylation is 2. The van der Waals surface area contributed by atoms with E-state index in [1.807, 2.05) is 0 Å². The molecule has 0 spiro atoms. The highest BCUT2D eigenvalue weighted by molar-refractivity contribution is 4.87. The van der Waals surface area contributed by atoms with Crippen LogP contribution in [0.2, 0.25) is 0 Å². The molecule has 0 saturated heterocycles. The summed E-state index contributed by atoms with van der Waals surface area (Å²) in [6.45, 7) is 2.76. The Hall–Kier alpha value is -1.11. The molecule has 0 saturated carbocycles. The lowest BCUT2D eigenvalue weighted by atomic mass is 9.94. The molecule has 7 heteroatoms. The van der Waals surface area contributed by atoms with Crippen LogP contribution < -0.4 is 5.73 Å². The van der Waals surface area contributed by atoms with E-state index < -0.39 is 12.6 Å². The lowest BCUT2D eigenvalue weighted by molar-refractivity contribution is -0.134. The maximum absolute atomic E-state index is 12.1. The molecular weight excluding hydrogens is 271 g/mol. The summed E-state index contributed by atoms with van der Waals surface area (Å²) in [5.41, 5.74) is 5.56. The Kier molecular flexibility index (Phi) is 6.98. The van der Waals surface area contributed by atoms with Crippen molar-refractivity contribution in [2.75, 3.05) is 6.54 Å². The van der Waals surface area contributed by atoms with Gasteiger partial charge < -0.3 is 10.3 Å². The Bertz CT molecular complexity index is 373. The zero-order valence-corrected chi connectivity index (χ0v) is 11.7. The zero-order chi connectivity index (χ0) is 15.0. The van der Waals surface area contributed by atoms with Gasteiger partial charge >= 0.3 is 6.18 Å². The number of rotatable bonds is 9. The average molecular weight is 293 g/mol. The van der Waals surface area contributed by atoms with Gasteiger partial charge in [-0.25, -0.2) is 0 Å². The van der Waals surface area contributed by atoms with Crippen LogP contribution in [-0.2, 0) is 12.8 Å². The van der Waals surface area contributed by atoms with Crippen molar-refractivity contribution in [1.82, 2.24) is 10.1 Å². The number of hydrogen-bond acceptors (Lipinski definition) is 4. The minimum atomic E-state index is -4.19. The normalized spacial score (nSPS) is 13.7. The third kappa shape index (κ3) is 6.88. The zero-order valence-electron chi connectivity index (χ0n) is 11.7. The molecule has 0 bridgehead atoms. The van der Waals surface area contributed by atoms with Gasteiger partial charge in [-0.2, -0.15) is 18.2 Å². The van der Waals surface area contributed by atoms with Crippen molar-refractivity contribution >= 4 is 0 Å². The fourth-order valence-electron chi connectivity index (χ4n) is 2.15. The van der Waals surface area contributed by atoms with Gasteiger partial charge in [-0.15, -0.1) is 0 Å². The van der Waals surface area contributed by atoms with Crippen LogP contribution in [-0.4, -0.2) is 22.9 Å². The minimum Gasteiger partial charge on any atom is -0.339 e. The number of nitrogens with zero attached hydrogens (tertiary/aromatic N) is 2. The van der Waals surface area contributed by atoms with Crippen molar-refractivity contribution in [2.24, 2.45) is 11.7 Å². The molecule has 0 aromatic carbocycles. The molecular formula is C13H22F3N3O. The maximum Gasteiger partial charge on any atom is 0.389 e. The molecule has 1 aromatic rings. The van der Waals surface area contributed by atoms with E-state index in [1.165, 1.54) is 0 Å². The monoisotopic (exact) mass is 293 g/mol. The van der Waals surface area contributed by atoms with Crippen LogP contribution in [0, 0.1) is 5.92 Å². The van der Waals surface area contributed by atoms with Gasteiger partial charge in [-0.05, 0) is 25.3 Å². The quantitative estimate of drug-likeness (QED) is 0.759. The van der Waals surface area contributed by atoms with Crippen LogP contribution in [0.4, 0.5) is 13.2 Å². The number of hydrogen-bond donors (Lipinski definition) is 1. The first-order valence-electron chi connectivity index (χ1n) is 7.03. The molecule has 1 unspecified atom stereocenters. The summed E-state index contributed by atoms with van der Waals surface area (Å²) in [5.74, 6) is 1.05. The number of alkyl halides is 3. The molecule has 0 fully saturated rings. The summed E-state index contributed by atoms with van der Waals surface area (Å²) >= 11 is 0. The van der Waals surface area contributed by atoms with Crippen molar-refractivity contribution < 1.29 is 17.7 Å². The Morgan fingerprint density at radius 2 is 1.95 bits per heavy atom. The van der Waals surface area contributed by atoms with E-state index in [9.17, 15) is 13.2 Å². The molecule has 0 aliphatic carbocycles. The average Bonchev–Trinajstić information content (AvgIpc) is 2.81. The first-order chi connectivity index (χ1) is 9.44. The molecule has 0 radical (unpaired) electrons. The standard InChI is InChI=1S/C13H22F3N3O/c1-2-3-10(7-9-17)4-5-12-18-11(19-20-12)6-8-13(14,15)16/h10H,2-9,17H2,1H3. The molecule has 20 heavy (non-hydrogen) atoms. The van der Waals surface area contributed by atoms with Crippen LogP contribution >= 0.6 is 0 Å². The molecule has 116 valence electrons. The molecule has 2 N–H and O–H groups in total. The molecule has 1 rings (SSSR count). The molecule has 1 atom stereocenters. The molecule has 4 nitrogen and oxygen atoms in total. The van der Waals surface area contributed by atoms with Gasteiger partial charge in [-0.1, -0.05) is 24.9 Å². The second kappa shape index (κ2) is 8.24. The van der Waals surface area contributed by atoms with E-state index in [-0.39, 0.29) is 12.2 Å². The summed E-state index contributed by atoms with van der Waals surface area (Å²) in [5, 5.41) is 3.58. The molecule has 0 amide bonds. The summed E-state index contributed by atoms with van der Waals surface area (Å²) in [6.07, 6.45) is -0.726. The Morgan fingerprint density at radius 3 is 2.55 bits per heavy atom. The Balaban J connectivity index is 2.39. The maximum atomic E-state index is 12.1. The second-order valence-electron chi connectivity index (χ2n) is 4.99. The van der Waals surface area contributed by atoms with Crippen molar-refractivity contribution in [2.45, 2.75) is 58.0 Å². The summed E-state index contributed by atoms with van der Waals surface area (Å²) in [6, 6.07) is 0. The predicted molar refractivity (Wildman–Crippen MR) is 69.1 cm³/mol. The van der Waals surface area contributed by atoms with Crippen molar-refractivity contribution in [1.29, 1.82) is 0 Å². The third-order valence-corrected chi connectivity index (χ3v) is 3.18. The molecule has 0 aliphatic heterocycles. The van der Waals surface area contributed by atoms with Crippen LogP contribution in [0.5, 0.6) is 0 Å². The van der Waals surface area contributed by atoms with E-state index in [0.717, 1.165) is 25.7 Å². The van der Waals surface area contributed by atoms with E-state index >= 15 is 0 Å². The molecule has 0 aliphatic rings. The van der Waals surface area contributed by atoms with Gasteiger partial charge in [0.2, 0.25) is 5.89 Å². The topological polar surface area (TPSA) is 64.9 Å². The number of nitrogens with two attached hydrogens (primary N) is 1. The van der Waals surface area contributed by atoms with Gasteiger partial charge in [0.1, 0.15) is 0 Å². The highest BCUT2D eigenvalue weighted by Crippen LogP contribution is 2.22.